The molecular weight excluding hydrogens is 410 g/mol. The third-order valence-electron chi connectivity index (χ3n) is 4.35. The molecule has 0 bridgehead atoms. The number of hydrogen-bond donors (Lipinski definition) is 0. The maximum Gasteiger partial charge on any atom is 0.316 e. The Morgan fingerprint density at radius 2 is 1.83 bits per heavy atom. The van der Waals surface area contributed by atoms with Gasteiger partial charge in [0, 0.05) is 11.6 Å². The maximum atomic E-state index is 11.9. The zero-order valence-corrected chi connectivity index (χ0v) is 17.6. The molecule has 0 radical (unpaired) electrons. The number of ether oxygens (including phenoxy) is 3. The first-order chi connectivity index (χ1) is 14.5. The Bertz CT molecular complexity index is 975. The quantitative estimate of drug-likeness (QED) is 0.368. The van der Waals surface area contributed by atoms with Crippen LogP contribution in [-0.2, 0) is 9.53 Å². The zero-order valence-electron chi connectivity index (χ0n) is 16.9. The van der Waals surface area contributed by atoms with Crippen molar-refractivity contribution in [1.29, 1.82) is 0 Å². The maximum absolute atomic E-state index is 11.9. The van der Waals surface area contributed by atoms with Crippen LogP contribution in [-0.4, -0.2) is 41.6 Å². The first kappa shape index (κ1) is 21.6. The summed E-state index contributed by atoms with van der Waals surface area (Å²) in [5, 5.41) is 11.8. The van der Waals surface area contributed by atoms with Crippen LogP contribution in [0.1, 0.15) is 25.5 Å². The van der Waals surface area contributed by atoms with Crippen molar-refractivity contribution in [2.45, 2.75) is 19.8 Å². The summed E-state index contributed by atoms with van der Waals surface area (Å²) in [6.45, 7) is 4.39. The molecule has 0 aliphatic carbocycles. The summed E-state index contributed by atoms with van der Waals surface area (Å²) in [6.07, 6.45) is 1.64. The highest BCUT2D eigenvalue weighted by Crippen LogP contribution is 2.28. The summed E-state index contributed by atoms with van der Waals surface area (Å²) < 4.78 is 21.3. The molecule has 3 rings (SSSR count). The molecule has 30 heavy (non-hydrogen) atoms. The van der Waals surface area contributed by atoms with Gasteiger partial charge in [0.15, 0.2) is 10.9 Å². The van der Waals surface area contributed by atoms with Crippen LogP contribution >= 0.6 is 11.6 Å². The molecule has 9 heteroatoms. The molecule has 0 spiro atoms. The first-order valence-electron chi connectivity index (χ1n) is 9.36. The van der Waals surface area contributed by atoms with Crippen LogP contribution in [0.4, 0.5) is 0 Å². The average Bonchev–Trinajstić information content (AvgIpc) is 3.19. The van der Waals surface area contributed by atoms with Crippen LogP contribution in [0, 0.1) is 5.92 Å². The average molecular weight is 432 g/mol. The van der Waals surface area contributed by atoms with Gasteiger partial charge in [-0.25, -0.2) is 0 Å². The van der Waals surface area contributed by atoms with Crippen molar-refractivity contribution in [3.63, 3.8) is 0 Å². The lowest BCUT2D eigenvalue weighted by molar-refractivity contribution is -0.144. The van der Waals surface area contributed by atoms with Crippen LogP contribution in [0.25, 0.3) is 11.1 Å². The standard InChI is InChI=1S/C21H22ClN3O5/c1-13(2)20(21(26)27-3)17-11-19(25-30-17)29-9-8-28-16-6-4-14(5-7-16)15-10-18(22)24-23-12-15/h4-7,10-13,20H,8-9H2,1-3H3. The highest BCUT2D eigenvalue weighted by atomic mass is 35.5. The molecule has 8 nitrogen and oxygen atoms in total. The molecule has 3 aromatic rings. The number of halogens is 1. The predicted molar refractivity (Wildman–Crippen MR) is 110 cm³/mol. The SMILES string of the molecule is COC(=O)C(c1cc(OCCOc2ccc(-c3cnnc(Cl)c3)cc2)no1)C(C)C. The second kappa shape index (κ2) is 10.1. The van der Waals surface area contributed by atoms with Gasteiger partial charge in [-0.2, -0.15) is 5.10 Å². The summed E-state index contributed by atoms with van der Waals surface area (Å²) in [5.41, 5.74) is 1.83. The van der Waals surface area contributed by atoms with Gasteiger partial charge < -0.3 is 18.7 Å². The van der Waals surface area contributed by atoms with Crippen LogP contribution in [0.15, 0.2) is 47.1 Å². The Hall–Kier alpha value is -3.13. The van der Waals surface area contributed by atoms with Crippen molar-refractivity contribution in [3.8, 4) is 22.8 Å². The summed E-state index contributed by atoms with van der Waals surface area (Å²) >= 11 is 5.87. The van der Waals surface area contributed by atoms with E-state index in [0.29, 0.717) is 29.1 Å². The van der Waals surface area contributed by atoms with E-state index in [1.807, 2.05) is 38.1 Å². The lowest BCUT2D eigenvalue weighted by Crippen LogP contribution is -2.19. The van der Waals surface area contributed by atoms with Crippen LogP contribution in [0.2, 0.25) is 5.15 Å². The van der Waals surface area contributed by atoms with Crippen molar-refractivity contribution in [3.05, 3.63) is 53.5 Å². The third kappa shape index (κ3) is 5.48. The fraction of sp³-hybridized carbons (Fsp3) is 0.333. The normalized spacial score (nSPS) is 11.9. The number of esters is 1. The Morgan fingerprint density at radius 1 is 1.10 bits per heavy atom. The van der Waals surface area contributed by atoms with E-state index in [9.17, 15) is 4.79 Å². The second-order valence-electron chi connectivity index (χ2n) is 6.80. The molecule has 0 fully saturated rings. The molecule has 158 valence electrons. The lowest BCUT2D eigenvalue weighted by atomic mass is 9.93. The molecule has 0 aliphatic heterocycles. The lowest BCUT2D eigenvalue weighted by Gasteiger charge is -2.14. The highest BCUT2D eigenvalue weighted by Gasteiger charge is 2.29. The zero-order chi connectivity index (χ0) is 21.5. The molecule has 0 aliphatic rings. The topological polar surface area (TPSA) is 96.6 Å². The molecule has 0 N–H and O–H groups in total. The molecule has 2 aromatic heterocycles. The van der Waals surface area contributed by atoms with Gasteiger partial charge in [-0.05, 0) is 34.8 Å². The fourth-order valence-electron chi connectivity index (χ4n) is 2.88. The van der Waals surface area contributed by atoms with Crippen molar-refractivity contribution in [2.24, 2.45) is 5.92 Å². The monoisotopic (exact) mass is 431 g/mol. The van der Waals surface area contributed by atoms with E-state index in [2.05, 4.69) is 15.4 Å². The van der Waals surface area contributed by atoms with E-state index in [1.165, 1.54) is 7.11 Å². The molecule has 1 aromatic carbocycles. The van der Waals surface area contributed by atoms with Gasteiger partial charge in [0.05, 0.1) is 13.3 Å². The van der Waals surface area contributed by atoms with Gasteiger partial charge in [0.1, 0.15) is 24.9 Å². The van der Waals surface area contributed by atoms with E-state index in [4.69, 9.17) is 30.3 Å². The van der Waals surface area contributed by atoms with Crippen molar-refractivity contribution < 1.29 is 23.5 Å². The number of carbonyl (C=O) groups is 1. The number of aromatic nitrogens is 3. The largest absolute Gasteiger partial charge is 0.490 e. The first-order valence-corrected chi connectivity index (χ1v) is 9.74. The van der Waals surface area contributed by atoms with Gasteiger partial charge in [-0.15, -0.1) is 5.10 Å². The van der Waals surface area contributed by atoms with E-state index < -0.39 is 5.92 Å². The molecule has 0 amide bonds. The Balaban J connectivity index is 1.49. The van der Waals surface area contributed by atoms with E-state index in [1.54, 1.807) is 18.3 Å². The van der Waals surface area contributed by atoms with Gasteiger partial charge in [-0.1, -0.05) is 37.6 Å². The van der Waals surface area contributed by atoms with Crippen molar-refractivity contribution >= 4 is 17.6 Å². The van der Waals surface area contributed by atoms with Gasteiger partial charge in [0.2, 0.25) is 0 Å². The minimum atomic E-state index is -0.528. The molecule has 0 saturated carbocycles. The van der Waals surface area contributed by atoms with E-state index in [-0.39, 0.29) is 18.5 Å². The minimum Gasteiger partial charge on any atom is -0.490 e. The number of benzene rings is 1. The molecule has 1 atom stereocenters. The van der Waals surface area contributed by atoms with E-state index in [0.717, 1.165) is 11.1 Å². The Morgan fingerprint density at radius 3 is 2.50 bits per heavy atom. The Kier molecular flexibility index (Phi) is 7.24. The van der Waals surface area contributed by atoms with Crippen LogP contribution < -0.4 is 9.47 Å². The highest BCUT2D eigenvalue weighted by molar-refractivity contribution is 6.29. The van der Waals surface area contributed by atoms with Gasteiger partial charge in [-0.3, -0.25) is 4.79 Å². The molecule has 1 unspecified atom stereocenters. The summed E-state index contributed by atoms with van der Waals surface area (Å²) in [4.78, 5) is 11.9. The van der Waals surface area contributed by atoms with Gasteiger partial charge >= 0.3 is 5.97 Å². The fourth-order valence-corrected chi connectivity index (χ4v) is 3.04. The number of methoxy groups -OCH3 is 1. The number of nitrogens with zero attached hydrogens (tertiary/aromatic N) is 3. The number of carbonyl (C=O) groups excluding carboxylic acids is 1. The van der Waals surface area contributed by atoms with Crippen LogP contribution in [0.3, 0.4) is 0 Å². The summed E-state index contributed by atoms with van der Waals surface area (Å²) in [5.74, 6) is 0.504. The second-order valence-corrected chi connectivity index (χ2v) is 7.19. The van der Waals surface area contributed by atoms with Gasteiger partial charge in [0.25, 0.3) is 5.88 Å². The summed E-state index contributed by atoms with van der Waals surface area (Å²) in [7, 11) is 1.35. The summed E-state index contributed by atoms with van der Waals surface area (Å²) in [6, 6.07) is 10.9. The molecule has 2 heterocycles. The van der Waals surface area contributed by atoms with Crippen LogP contribution in [0.5, 0.6) is 11.6 Å². The molecule has 0 saturated heterocycles. The van der Waals surface area contributed by atoms with E-state index >= 15 is 0 Å². The third-order valence-corrected chi connectivity index (χ3v) is 4.53. The minimum absolute atomic E-state index is 0.00325. The van der Waals surface area contributed by atoms with Crippen molar-refractivity contribution in [1.82, 2.24) is 15.4 Å². The number of hydrogen-bond acceptors (Lipinski definition) is 8. The predicted octanol–water partition coefficient (Wildman–Crippen LogP) is 4.16. The van der Waals surface area contributed by atoms with Crippen molar-refractivity contribution in [2.75, 3.05) is 20.3 Å². The smallest absolute Gasteiger partial charge is 0.316 e. The molecular formula is C21H22ClN3O5. The Labute approximate surface area is 179 Å². The number of rotatable bonds is 9.